The predicted octanol–water partition coefficient (Wildman–Crippen LogP) is 3.91. The monoisotopic (exact) mass is 360 g/mol. The zero-order valence-electron chi connectivity index (χ0n) is 14.3. The lowest BCUT2D eigenvalue weighted by Gasteiger charge is -2.14. The first kappa shape index (κ1) is 18.6. The van der Waals surface area contributed by atoms with E-state index in [1.807, 2.05) is 6.07 Å². The number of halogens is 1. The number of furan rings is 1. The number of esters is 1. The van der Waals surface area contributed by atoms with E-state index in [1.54, 1.807) is 26.8 Å². The summed E-state index contributed by atoms with van der Waals surface area (Å²) in [6, 6.07) is 6.43. The van der Waals surface area contributed by atoms with E-state index in [1.165, 1.54) is 19.1 Å². The van der Waals surface area contributed by atoms with E-state index in [9.17, 15) is 9.59 Å². The molecule has 1 heterocycles. The summed E-state index contributed by atoms with van der Waals surface area (Å²) in [6.07, 6.45) is -1.02. The van der Waals surface area contributed by atoms with Crippen LogP contribution in [0.2, 0.25) is 5.02 Å². The van der Waals surface area contributed by atoms with Crippen LogP contribution in [-0.4, -0.2) is 18.0 Å². The summed E-state index contributed by atoms with van der Waals surface area (Å²) < 4.78 is 10.6. The molecule has 1 amide bonds. The highest BCUT2D eigenvalue weighted by Crippen LogP contribution is 2.23. The van der Waals surface area contributed by atoms with E-state index in [0.29, 0.717) is 33.9 Å². The molecular formula is C18H17ClN2O4. The molecule has 1 N–H and O–H groups in total. The number of carbonyl (C=O) groups is 2. The van der Waals surface area contributed by atoms with Gasteiger partial charge in [0.25, 0.3) is 5.91 Å². The molecule has 7 heteroatoms. The van der Waals surface area contributed by atoms with Gasteiger partial charge in [0.15, 0.2) is 6.10 Å². The van der Waals surface area contributed by atoms with Crippen molar-refractivity contribution in [1.82, 2.24) is 0 Å². The molecule has 1 aromatic heterocycles. The van der Waals surface area contributed by atoms with Crippen molar-refractivity contribution in [2.75, 3.05) is 5.32 Å². The second-order valence-corrected chi connectivity index (χ2v) is 5.96. The van der Waals surface area contributed by atoms with Gasteiger partial charge >= 0.3 is 5.97 Å². The van der Waals surface area contributed by atoms with Crippen molar-refractivity contribution in [3.63, 3.8) is 0 Å². The number of amides is 1. The second kappa shape index (κ2) is 7.41. The quantitative estimate of drug-likeness (QED) is 0.834. The van der Waals surface area contributed by atoms with E-state index < -0.39 is 18.0 Å². The van der Waals surface area contributed by atoms with E-state index in [0.717, 1.165) is 0 Å². The summed E-state index contributed by atoms with van der Waals surface area (Å²) in [5.41, 5.74) is 1.73. The van der Waals surface area contributed by atoms with Crippen LogP contribution in [0.5, 0.6) is 0 Å². The number of hydrogen-bond donors (Lipinski definition) is 1. The average Bonchev–Trinajstić information content (AvgIpc) is 2.80. The molecule has 25 heavy (non-hydrogen) atoms. The lowest BCUT2D eigenvalue weighted by Crippen LogP contribution is -2.30. The Kier molecular flexibility index (Phi) is 5.50. The van der Waals surface area contributed by atoms with Gasteiger partial charge in [0.1, 0.15) is 23.2 Å². The molecule has 0 fully saturated rings. The third kappa shape index (κ3) is 4.01. The van der Waals surface area contributed by atoms with Gasteiger partial charge in [0.05, 0.1) is 10.6 Å². The molecule has 1 aromatic carbocycles. The van der Waals surface area contributed by atoms with Crippen LogP contribution < -0.4 is 5.32 Å². The maximum absolute atomic E-state index is 12.3. The Morgan fingerprint density at radius 3 is 2.48 bits per heavy atom. The Balaban J connectivity index is 2.06. The Morgan fingerprint density at radius 2 is 1.96 bits per heavy atom. The largest absolute Gasteiger partial charge is 0.465 e. The molecule has 2 rings (SSSR count). The number of rotatable bonds is 4. The van der Waals surface area contributed by atoms with Gasteiger partial charge in [0.2, 0.25) is 0 Å². The van der Waals surface area contributed by atoms with Crippen LogP contribution in [0.1, 0.15) is 39.9 Å². The van der Waals surface area contributed by atoms with E-state index in [2.05, 4.69) is 5.32 Å². The van der Waals surface area contributed by atoms with Crippen LogP contribution in [0.3, 0.4) is 0 Å². The van der Waals surface area contributed by atoms with Crippen molar-refractivity contribution in [2.45, 2.75) is 33.8 Å². The molecule has 0 radical (unpaired) electrons. The molecule has 0 saturated heterocycles. The lowest BCUT2D eigenvalue weighted by molar-refractivity contribution is -0.123. The van der Waals surface area contributed by atoms with E-state index >= 15 is 0 Å². The summed E-state index contributed by atoms with van der Waals surface area (Å²) in [6.45, 7) is 6.64. The van der Waals surface area contributed by atoms with Crippen molar-refractivity contribution in [2.24, 2.45) is 0 Å². The van der Waals surface area contributed by atoms with E-state index in [4.69, 9.17) is 26.0 Å². The van der Waals surface area contributed by atoms with Crippen LogP contribution in [-0.2, 0) is 9.53 Å². The molecule has 1 atom stereocenters. The second-order valence-electron chi connectivity index (χ2n) is 5.56. The summed E-state index contributed by atoms with van der Waals surface area (Å²) in [4.78, 5) is 24.5. The molecule has 0 unspecified atom stereocenters. The first-order valence-corrected chi connectivity index (χ1v) is 7.90. The van der Waals surface area contributed by atoms with Crippen LogP contribution in [0.25, 0.3) is 0 Å². The number of aryl methyl sites for hydroxylation is 2. The number of anilines is 1. The van der Waals surface area contributed by atoms with Gasteiger partial charge in [-0.15, -0.1) is 0 Å². The van der Waals surface area contributed by atoms with Gasteiger partial charge in [-0.3, -0.25) is 4.79 Å². The fraction of sp³-hybridized carbons (Fsp3) is 0.278. The van der Waals surface area contributed by atoms with Crippen LogP contribution in [0, 0.1) is 32.1 Å². The molecule has 0 aliphatic carbocycles. The lowest BCUT2D eigenvalue weighted by atomic mass is 10.1. The number of nitrogens with zero attached hydrogens (tertiary/aromatic N) is 1. The normalized spacial score (nSPS) is 11.5. The minimum Gasteiger partial charge on any atom is -0.465 e. The topological polar surface area (TPSA) is 92.3 Å². The Bertz CT molecular complexity index is 880. The van der Waals surface area contributed by atoms with Crippen molar-refractivity contribution in [3.8, 4) is 6.07 Å². The van der Waals surface area contributed by atoms with Gasteiger partial charge < -0.3 is 14.5 Å². The minimum atomic E-state index is -1.02. The number of nitriles is 1. The van der Waals surface area contributed by atoms with Gasteiger partial charge in [-0.25, -0.2) is 4.79 Å². The van der Waals surface area contributed by atoms with E-state index in [-0.39, 0.29) is 5.02 Å². The molecule has 0 aliphatic heterocycles. The standard InChI is InChI=1S/C18H17ClN2O4/c1-9-10(2)24-11(3)16(9)18(23)25-12(4)17(22)21-14-6-5-13(8-20)15(19)7-14/h5-7,12H,1-4H3,(H,21,22)/t12-/m1/s1. The third-order valence-corrected chi connectivity index (χ3v) is 4.09. The van der Waals surface area contributed by atoms with Gasteiger partial charge in [-0.1, -0.05) is 11.6 Å². The molecule has 6 nitrogen and oxygen atoms in total. The number of hydrogen-bond acceptors (Lipinski definition) is 5. The van der Waals surface area contributed by atoms with Gasteiger partial charge in [-0.2, -0.15) is 5.26 Å². The highest BCUT2D eigenvalue weighted by molar-refractivity contribution is 6.32. The zero-order chi connectivity index (χ0) is 18.7. The molecule has 0 bridgehead atoms. The van der Waals surface area contributed by atoms with Crippen molar-refractivity contribution >= 4 is 29.2 Å². The molecule has 130 valence electrons. The maximum Gasteiger partial charge on any atom is 0.342 e. The summed E-state index contributed by atoms with van der Waals surface area (Å²) in [7, 11) is 0. The molecule has 0 spiro atoms. The van der Waals surface area contributed by atoms with Crippen LogP contribution >= 0.6 is 11.6 Å². The fourth-order valence-electron chi connectivity index (χ4n) is 2.29. The van der Waals surface area contributed by atoms with Crippen LogP contribution in [0.4, 0.5) is 5.69 Å². The minimum absolute atomic E-state index is 0.227. The number of ether oxygens (including phenoxy) is 1. The zero-order valence-corrected chi connectivity index (χ0v) is 15.0. The molecular weight excluding hydrogens is 344 g/mol. The smallest absolute Gasteiger partial charge is 0.342 e. The first-order chi connectivity index (χ1) is 11.7. The van der Waals surface area contributed by atoms with Gasteiger partial charge in [-0.05, 0) is 45.9 Å². The third-order valence-electron chi connectivity index (χ3n) is 3.78. The summed E-state index contributed by atoms with van der Waals surface area (Å²) in [5, 5.41) is 11.7. The van der Waals surface area contributed by atoms with Crippen molar-refractivity contribution in [3.05, 3.63) is 51.4 Å². The molecule has 2 aromatic rings. The SMILES string of the molecule is Cc1oc(C)c(C(=O)O[C@H](C)C(=O)Nc2ccc(C#N)c(Cl)c2)c1C. The van der Waals surface area contributed by atoms with Gasteiger partial charge in [0, 0.05) is 11.3 Å². The Hall–Kier alpha value is -2.78. The highest BCUT2D eigenvalue weighted by Gasteiger charge is 2.24. The number of carbonyl (C=O) groups excluding carboxylic acids is 2. The molecule has 0 aliphatic rings. The highest BCUT2D eigenvalue weighted by atomic mass is 35.5. The maximum atomic E-state index is 12.3. The summed E-state index contributed by atoms with van der Waals surface area (Å²) >= 11 is 5.92. The average molecular weight is 361 g/mol. The van der Waals surface area contributed by atoms with Crippen molar-refractivity contribution in [1.29, 1.82) is 5.26 Å². The first-order valence-electron chi connectivity index (χ1n) is 7.52. The number of nitrogens with one attached hydrogen (secondary N) is 1. The predicted molar refractivity (Wildman–Crippen MR) is 92.6 cm³/mol. The Labute approximate surface area is 150 Å². The number of benzene rings is 1. The molecule has 0 saturated carbocycles. The van der Waals surface area contributed by atoms with Crippen LogP contribution in [0.15, 0.2) is 22.6 Å². The fourth-order valence-corrected chi connectivity index (χ4v) is 2.52. The Morgan fingerprint density at radius 1 is 1.28 bits per heavy atom. The van der Waals surface area contributed by atoms with Crippen molar-refractivity contribution < 1.29 is 18.7 Å². The summed E-state index contributed by atoms with van der Waals surface area (Å²) in [5.74, 6) is -0.0442.